The standard InChI is InChI=1S/C16H22N2O3/c1-10-8-18(9-13(10)14(19)20)15(21)16(2,3)11-4-6-12(17)7-5-11/h4-7,10,13H,8-9,17H2,1-3H3,(H,19,20)/t10-,13-/m1/s1. The highest BCUT2D eigenvalue weighted by Crippen LogP contribution is 2.31. The maximum absolute atomic E-state index is 12.8. The molecule has 2 rings (SSSR count). The van der Waals surface area contributed by atoms with Crippen molar-refractivity contribution in [1.29, 1.82) is 0 Å². The van der Waals surface area contributed by atoms with Crippen molar-refractivity contribution in [3.8, 4) is 0 Å². The fourth-order valence-electron chi connectivity index (χ4n) is 2.87. The van der Waals surface area contributed by atoms with Gasteiger partial charge in [0.15, 0.2) is 0 Å². The molecule has 1 aliphatic rings. The SMILES string of the molecule is C[C@@H]1CN(C(=O)C(C)(C)c2ccc(N)cc2)C[C@H]1C(=O)O. The van der Waals surface area contributed by atoms with E-state index in [1.54, 1.807) is 17.0 Å². The molecule has 1 aromatic rings. The van der Waals surface area contributed by atoms with Crippen molar-refractivity contribution < 1.29 is 14.7 Å². The first-order chi connectivity index (χ1) is 9.73. The predicted molar refractivity (Wildman–Crippen MR) is 80.8 cm³/mol. The third kappa shape index (κ3) is 2.86. The summed E-state index contributed by atoms with van der Waals surface area (Å²) >= 11 is 0. The van der Waals surface area contributed by atoms with E-state index in [9.17, 15) is 14.7 Å². The molecular weight excluding hydrogens is 268 g/mol. The fourth-order valence-corrected chi connectivity index (χ4v) is 2.87. The van der Waals surface area contributed by atoms with Crippen LogP contribution in [0.3, 0.4) is 0 Å². The van der Waals surface area contributed by atoms with Crippen LogP contribution in [0.25, 0.3) is 0 Å². The van der Waals surface area contributed by atoms with Gasteiger partial charge < -0.3 is 15.7 Å². The Balaban J connectivity index is 2.19. The van der Waals surface area contributed by atoms with E-state index in [1.165, 1.54) is 0 Å². The molecule has 1 fully saturated rings. The molecule has 1 heterocycles. The topological polar surface area (TPSA) is 83.6 Å². The molecule has 0 aliphatic carbocycles. The lowest BCUT2D eigenvalue weighted by Gasteiger charge is -2.30. The van der Waals surface area contributed by atoms with Gasteiger partial charge in [-0.3, -0.25) is 9.59 Å². The van der Waals surface area contributed by atoms with E-state index >= 15 is 0 Å². The van der Waals surface area contributed by atoms with Crippen molar-refractivity contribution in [2.75, 3.05) is 18.8 Å². The summed E-state index contributed by atoms with van der Waals surface area (Å²) in [4.78, 5) is 25.6. The minimum absolute atomic E-state index is 0.0198. The van der Waals surface area contributed by atoms with Gasteiger partial charge in [-0.15, -0.1) is 0 Å². The lowest BCUT2D eigenvalue weighted by molar-refractivity contribution is -0.142. The maximum atomic E-state index is 12.8. The Labute approximate surface area is 124 Å². The summed E-state index contributed by atoms with van der Waals surface area (Å²) in [5, 5.41) is 9.18. The Hall–Kier alpha value is -2.04. The Morgan fingerprint density at radius 2 is 1.81 bits per heavy atom. The van der Waals surface area contributed by atoms with E-state index in [1.807, 2.05) is 32.9 Å². The monoisotopic (exact) mass is 290 g/mol. The Kier molecular flexibility index (Phi) is 3.94. The van der Waals surface area contributed by atoms with Gasteiger partial charge in [-0.05, 0) is 37.5 Å². The summed E-state index contributed by atoms with van der Waals surface area (Å²) in [6, 6.07) is 7.25. The third-order valence-electron chi connectivity index (χ3n) is 4.38. The number of nitrogens with two attached hydrogens (primary N) is 1. The number of carboxylic acid groups (broad SMARTS) is 1. The van der Waals surface area contributed by atoms with Crippen LogP contribution in [0.4, 0.5) is 5.69 Å². The normalized spacial score (nSPS) is 22.3. The van der Waals surface area contributed by atoms with E-state index in [-0.39, 0.29) is 18.4 Å². The number of carbonyl (C=O) groups excluding carboxylic acids is 1. The maximum Gasteiger partial charge on any atom is 0.308 e. The number of carboxylic acids is 1. The van der Waals surface area contributed by atoms with E-state index in [2.05, 4.69) is 0 Å². The summed E-state index contributed by atoms with van der Waals surface area (Å²) in [7, 11) is 0. The molecule has 1 aliphatic heterocycles. The van der Waals surface area contributed by atoms with Gasteiger partial charge in [-0.1, -0.05) is 19.1 Å². The van der Waals surface area contributed by atoms with E-state index in [0.29, 0.717) is 12.2 Å². The number of carbonyl (C=O) groups is 2. The molecule has 0 spiro atoms. The molecule has 0 unspecified atom stereocenters. The largest absolute Gasteiger partial charge is 0.481 e. The lowest BCUT2D eigenvalue weighted by Crippen LogP contribution is -2.42. The molecule has 1 amide bonds. The van der Waals surface area contributed by atoms with E-state index in [0.717, 1.165) is 5.56 Å². The number of rotatable bonds is 3. The fraction of sp³-hybridized carbons (Fsp3) is 0.500. The molecule has 0 radical (unpaired) electrons. The third-order valence-corrected chi connectivity index (χ3v) is 4.38. The second kappa shape index (κ2) is 5.39. The quantitative estimate of drug-likeness (QED) is 0.830. The number of amides is 1. The Morgan fingerprint density at radius 1 is 1.24 bits per heavy atom. The van der Waals surface area contributed by atoms with Crippen molar-refractivity contribution in [1.82, 2.24) is 4.90 Å². The van der Waals surface area contributed by atoms with Crippen LogP contribution in [0.2, 0.25) is 0 Å². The zero-order valence-electron chi connectivity index (χ0n) is 12.7. The number of anilines is 1. The van der Waals surface area contributed by atoms with Crippen LogP contribution in [0, 0.1) is 11.8 Å². The van der Waals surface area contributed by atoms with Crippen LogP contribution in [0.5, 0.6) is 0 Å². The molecule has 3 N–H and O–H groups in total. The molecule has 0 aromatic heterocycles. The predicted octanol–water partition coefficient (Wildman–Crippen LogP) is 1.73. The Morgan fingerprint density at radius 3 is 2.29 bits per heavy atom. The van der Waals surface area contributed by atoms with Gasteiger partial charge in [0, 0.05) is 18.8 Å². The average Bonchev–Trinajstić information content (AvgIpc) is 2.80. The van der Waals surface area contributed by atoms with Gasteiger partial charge in [-0.2, -0.15) is 0 Å². The summed E-state index contributed by atoms with van der Waals surface area (Å²) in [6.07, 6.45) is 0. The van der Waals surface area contributed by atoms with Crippen LogP contribution < -0.4 is 5.73 Å². The smallest absolute Gasteiger partial charge is 0.308 e. The van der Waals surface area contributed by atoms with E-state index in [4.69, 9.17) is 5.73 Å². The van der Waals surface area contributed by atoms with E-state index < -0.39 is 17.3 Å². The number of likely N-dealkylation sites (tertiary alicyclic amines) is 1. The number of hydrogen-bond acceptors (Lipinski definition) is 3. The first kappa shape index (κ1) is 15.4. The molecule has 0 bridgehead atoms. The van der Waals surface area contributed by atoms with Crippen LogP contribution >= 0.6 is 0 Å². The van der Waals surface area contributed by atoms with Crippen LogP contribution in [-0.2, 0) is 15.0 Å². The summed E-state index contributed by atoms with van der Waals surface area (Å²) in [6.45, 7) is 6.38. The van der Waals surface area contributed by atoms with Crippen molar-refractivity contribution in [3.63, 3.8) is 0 Å². The minimum Gasteiger partial charge on any atom is -0.481 e. The minimum atomic E-state index is -0.830. The average molecular weight is 290 g/mol. The van der Waals surface area contributed by atoms with Crippen LogP contribution in [0.15, 0.2) is 24.3 Å². The number of hydrogen-bond donors (Lipinski definition) is 2. The number of nitrogen functional groups attached to an aromatic ring is 1. The zero-order chi connectivity index (χ0) is 15.8. The molecule has 21 heavy (non-hydrogen) atoms. The first-order valence-electron chi connectivity index (χ1n) is 7.11. The summed E-state index contributed by atoms with van der Waals surface area (Å²) < 4.78 is 0. The molecule has 5 nitrogen and oxygen atoms in total. The molecule has 1 aromatic carbocycles. The summed E-state index contributed by atoms with van der Waals surface area (Å²) in [5.41, 5.74) is 6.52. The highest BCUT2D eigenvalue weighted by Gasteiger charge is 2.42. The van der Waals surface area contributed by atoms with Crippen molar-refractivity contribution >= 4 is 17.6 Å². The molecule has 1 saturated heterocycles. The Bertz CT molecular complexity index is 551. The zero-order valence-corrected chi connectivity index (χ0v) is 12.7. The first-order valence-corrected chi connectivity index (χ1v) is 7.11. The second-order valence-corrected chi connectivity index (χ2v) is 6.38. The van der Waals surface area contributed by atoms with Crippen molar-refractivity contribution in [2.45, 2.75) is 26.2 Å². The molecular formula is C16H22N2O3. The molecule has 5 heteroatoms. The van der Waals surface area contributed by atoms with Crippen molar-refractivity contribution in [2.24, 2.45) is 11.8 Å². The number of benzene rings is 1. The van der Waals surface area contributed by atoms with Gasteiger partial charge in [0.25, 0.3) is 0 Å². The van der Waals surface area contributed by atoms with Gasteiger partial charge in [0.2, 0.25) is 5.91 Å². The number of aliphatic carboxylic acids is 1. The number of nitrogens with zero attached hydrogens (tertiary/aromatic N) is 1. The highest BCUT2D eigenvalue weighted by atomic mass is 16.4. The molecule has 0 saturated carbocycles. The second-order valence-electron chi connectivity index (χ2n) is 6.38. The van der Waals surface area contributed by atoms with Crippen molar-refractivity contribution in [3.05, 3.63) is 29.8 Å². The molecule has 2 atom stereocenters. The van der Waals surface area contributed by atoms with Crippen LogP contribution in [0.1, 0.15) is 26.3 Å². The lowest BCUT2D eigenvalue weighted by atomic mass is 9.83. The summed E-state index contributed by atoms with van der Waals surface area (Å²) in [5.74, 6) is -1.37. The van der Waals surface area contributed by atoms with Gasteiger partial charge >= 0.3 is 5.97 Å². The van der Waals surface area contributed by atoms with Crippen LogP contribution in [-0.4, -0.2) is 35.0 Å². The van der Waals surface area contributed by atoms with Gasteiger partial charge in [0.05, 0.1) is 11.3 Å². The van der Waals surface area contributed by atoms with Gasteiger partial charge in [0.1, 0.15) is 0 Å². The molecule has 114 valence electrons. The van der Waals surface area contributed by atoms with Gasteiger partial charge in [-0.25, -0.2) is 0 Å². The highest BCUT2D eigenvalue weighted by molar-refractivity contribution is 5.88.